The summed E-state index contributed by atoms with van der Waals surface area (Å²) < 4.78 is 4.90. The summed E-state index contributed by atoms with van der Waals surface area (Å²) in [6, 6.07) is 5.76. The van der Waals surface area contributed by atoms with Crippen LogP contribution in [-0.4, -0.2) is 12.6 Å². The molecule has 1 aromatic rings. The second-order valence-electron chi connectivity index (χ2n) is 3.93. The van der Waals surface area contributed by atoms with Crippen LogP contribution in [-0.2, 0) is 28.9 Å². The van der Waals surface area contributed by atoms with Gasteiger partial charge in [0.25, 0.3) is 0 Å². The molecule has 0 aromatic heterocycles. The molecule has 0 unspecified atom stereocenters. The summed E-state index contributed by atoms with van der Waals surface area (Å²) in [5.41, 5.74) is 8.90. The van der Waals surface area contributed by atoms with Gasteiger partial charge in [-0.05, 0) is 36.1 Å². The molecule has 2 N–H and O–H groups in total. The fourth-order valence-electron chi connectivity index (χ4n) is 1.88. The molecule has 0 aliphatic heterocycles. The van der Waals surface area contributed by atoms with E-state index in [1.54, 1.807) is 13.0 Å². The van der Waals surface area contributed by atoms with Crippen LogP contribution in [0.25, 0.3) is 0 Å². The fourth-order valence-corrected chi connectivity index (χ4v) is 1.88. The van der Waals surface area contributed by atoms with Gasteiger partial charge in [-0.3, -0.25) is 4.79 Å². The highest BCUT2D eigenvalue weighted by Gasteiger charge is 2.12. The number of carbonyl (C=O) groups is 1. The van der Waals surface area contributed by atoms with Gasteiger partial charge < -0.3 is 10.5 Å². The molecule has 1 aromatic carbocycles. The van der Waals surface area contributed by atoms with Crippen molar-refractivity contribution in [3.63, 3.8) is 0 Å². The zero-order chi connectivity index (χ0) is 13.5. The van der Waals surface area contributed by atoms with Crippen LogP contribution < -0.4 is 5.73 Å². The molecule has 4 nitrogen and oxygen atoms in total. The van der Waals surface area contributed by atoms with E-state index in [0.29, 0.717) is 24.3 Å². The lowest BCUT2D eigenvalue weighted by molar-refractivity contribution is -0.142. The highest BCUT2D eigenvalue weighted by atomic mass is 16.5. The Balaban J connectivity index is 3.10. The van der Waals surface area contributed by atoms with Crippen LogP contribution in [0.1, 0.15) is 36.1 Å². The van der Waals surface area contributed by atoms with E-state index in [9.17, 15) is 4.79 Å². The first-order valence-corrected chi connectivity index (χ1v) is 6.06. The lowest BCUT2D eigenvalue weighted by atomic mass is 9.95. The van der Waals surface area contributed by atoms with Gasteiger partial charge in [0.15, 0.2) is 0 Å². The molecule has 0 aliphatic rings. The van der Waals surface area contributed by atoms with E-state index in [-0.39, 0.29) is 12.4 Å². The molecule has 0 spiro atoms. The Labute approximate surface area is 107 Å². The van der Waals surface area contributed by atoms with Gasteiger partial charge in [0.05, 0.1) is 24.7 Å². The average molecular weight is 246 g/mol. The van der Waals surface area contributed by atoms with Gasteiger partial charge in [0, 0.05) is 6.54 Å². The molecule has 0 bridgehead atoms. The molecule has 0 heterocycles. The number of esters is 1. The zero-order valence-electron chi connectivity index (χ0n) is 10.8. The van der Waals surface area contributed by atoms with Crippen molar-refractivity contribution in [2.75, 3.05) is 6.61 Å². The lowest BCUT2D eigenvalue weighted by Gasteiger charge is -2.11. The van der Waals surface area contributed by atoms with Gasteiger partial charge >= 0.3 is 5.97 Å². The van der Waals surface area contributed by atoms with E-state index in [1.807, 2.05) is 13.0 Å². The average Bonchev–Trinajstić information content (AvgIpc) is 2.38. The molecule has 0 saturated heterocycles. The predicted octanol–water partition coefficient (Wildman–Crippen LogP) is 1.68. The van der Waals surface area contributed by atoms with Crippen molar-refractivity contribution in [2.24, 2.45) is 5.73 Å². The molecule has 18 heavy (non-hydrogen) atoms. The van der Waals surface area contributed by atoms with E-state index >= 15 is 0 Å². The fraction of sp³-hybridized carbons (Fsp3) is 0.429. The van der Waals surface area contributed by atoms with Crippen LogP contribution in [0.5, 0.6) is 0 Å². The predicted molar refractivity (Wildman–Crippen MR) is 68.8 cm³/mol. The molecule has 0 radical (unpaired) electrons. The Kier molecular flexibility index (Phi) is 5.34. The van der Waals surface area contributed by atoms with Gasteiger partial charge in [-0.25, -0.2) is 0 Å². The summed E-state index contributed by atoms with van der Waals surface area (Å²) in [5, 5.41) is 9.10. The monoisotopic (exact) mass is 246 g/mol. The molecule has 4 heteroatoms. The van der Waals surface area contributed by atoms with Gasteiger partial charge in [-0.1, -0.05) is 13.0 Å². The number of nitrogens with zero attached hydrogens (tertiary/aromatic N) is 1. The van der Waals surface area contributed by atoms with Gasteiger partial charge in [-0.15, -0.1) is 0 Å². The third-order valence-corrected chi connectivity index (χ3v) is 2.79. The quantitative estimate of drug-likeness (QED) is 0.802. The van der Waals surface area contributed by atoms with E-state index in [1.165, 1.54) is 0 Å². The Morgan fingerprint density at radius 3 is 2.56 bits per heavy atom. The Morgan fingerprint density at radius 1 is 1.33 bits per heavy atom. The molecule has 96 valence electrons. The number of aryl methyl sites for hydroxylation is 1. The van der Waals surface area contributed by atoms with Gasteiger partial charge in [-0.2, -0.15) is 5.26 Å². The first-order chi connectivity index (χ1) is 8.65. The molecular weight excluding hydrogens is 228 g/mol. The second-order valence-corrected chi connectivity index (χ2v) is 3.93. The lowest BCUT2D eigenvalue weighted by Crippen LogP contribution is -2.10. The van der Waals surface area contributed by atoms with Crippen LogP contribution in [0.15, 0.2) is 12.1 Å². The van der Waals surface area contributed by atoms with Crippen molar-refractivity contribution in [2.45, 2.75) is 33.2 Å². The first-order valence-electron chi connectivity index (χ1n) is 6.06. The molecule has 0 fully saturated rings. The summed E-state index contributed by atoms with van der Waals surface area (Å²) in [5.74, 6) is -0.309. The maximum Gasteiger partial charge on any atom is 0.310 e. The third-order valence-electron chi connectivity index (χ3n) is 2.79. The van der Waals surface area contributed by atoms with Crippen LogP contribution in [0.3, 0.4) is 0 Å². The summed E-state index contributed by atoms with van der Waals surface area (Å²) in [6.45, 7) is 4.53. The highest BCUT2D eigenvalue weighted by Crippen LogP contribution is 2.18. The van der Waals surface area contributed by atoms with Crippen LogP contribution >= 0.6 is 0 Å². The van der Waals surface area contributed by atoms with Crippen LogP contribution in [0.2, 0.25) is 0 Å². The van der Waals surface area contributed by atoms with Crippen LogP contribution in [0, 0.1) is 11.3 Å². The minimum atomic E-state index is -0.309. The maximum atomic E-state index is 11.5. The first kappa shape index (κ1) is 14.2. The molecule has 0 amide bonds. The minimum Gasteiger partial charge on any atom is -0.466 e. The van der Waals surface area contributed by atoms with E-state index in [4.69, 9.17) is 15.7 Å². The van der Waals surface area contributed by atoms with Gasteiger partial charge in [0.1, 0.15) is 0 Å². The number of hydrogen-bond acceptors (Lipinski definition) is 4. The topological polar surface area (TPSA) is 76.1 Å². The number of rotatable bonds is 5. The van der Waals surface area contributed by atoms with Gasteiger partial charge in [0.2, 0.25) is 0 Å². The molecule has 0 atom stereocenters. The van der Waals surface area contributed by atoms with Crippen molar-refractivity contribution in [3.05, 3.63) is 34.4 Å². The molecular formula is C14H18N2O2. The normalized spacial score (nSPS) is 9.89. The second kappa shape index (κ2) is 6.77. The Morgan fingerprint density at radius 2 is 2.06 bits per heavy atom. The minimum absolute atomic E-state index is 0.134. The summed E-state index contributed by atoms with van der Waals surface area (Å²) in [4.78, 5) is 11.5. The highest BCUT2D eigenvalue weighted by molar-refractivity contribution is 5.73. The summed E-state index contributed by atoms with van der Waals surface area (Å²) >= 11 is 0. The Bertz CT molecular complexity index is 475. The third kappa shape index (κ3) is 3.31. The van der Waals surface area contributed by atoms with E-state index < -0.39 is 0 Å². The number of nitriles is 1. The van der Waals surface area contributed by atoms with E-state index in [2.05, 4.69) is 6.07 Å². The summed E-state index contributed by atoms with van der Waals surface area (Å²) in [6.07, 6.45) is 0.961. The zero-order valence-corrected chi connectivity index (χ0v) is 10.8. The van der Waals surface area contributed by atoms with Crippen molar-refractivity contribution >= 4 is 5.97 Å². The summed E-state index contributed by atoms with van der Waals surface area (Å²) in [7, 11) is 0. The standard InChI is InChI=1S/C14H18N2O2/c1-3-10-5-11(7-14(17)18-4-2)13(9-16)6-12(10)8-15/h5-6H,3-4,7-8,15H2,1-2H3. The van der Waals surface area contributed by atoms with Crippen molar-refractivity contribution in [1.29, 1.82) is 5.26 Å². The van der Waals surface area contributed by atoms with Crippen molar-refractivity contribution in [1.82, 2.24) is 0 Å². The smallest absolute Gasteiger partial charge is 0.310 e. The SMILES string of the molecule is CCOC(=O)Cc1cc(CC)c(CN)cc1C#N. The molecule has 0 aliphatic carbocycles. The number of ether oxygens (including phenoxy) is 1. The number of carbonyl (C=O) groups excluding carboxylic acids is 1. The number of benzene rings is 1. The number of nitrogens with two attached hydrogens (primary N) is 1. The van der Waals surface area contributed by atoms with Crippen molar-refractivity contribution in [3.8, 4) is 6.07 Å². The van der Waals surface area contributed by atoms with Crippen molar-refractivity contribution < 1.29 is 9.53 Å². The Hall–Kier alpha value is -1.86. The maximum absolute atomic E-state index is 11.5. The molecule has 1 rings (SSSR count). The van der Waals surface area contributed by atoms with E-state index in [0.717, 1.165) is 17.5 Å². The van der Waals surface area contributed by atoms with Crippen LogP contribution in [0.4, 0.5) is 0 Å². The number of hydrogen-bond donors (Lipinski definition) is 1. The molecule has 0 saturated carbocycles. The largest absolute Gasteiger partial charge is 0.466 e.